The highest BCUT2D eigenvalue weighted by atomic mass is 32.2. The molecule has 0 amide bonds. The first kappa shape index (κ1) is 12.0. The van der Waals surface area contributed by atoms with Crippen molar-refractivity contribution in [3.05, 3.63) is 30.1 Å². The highest BCUT2D eigenvalue weighted by molar-refractivity contribution is 7.91. The Labute approximate surface area is 99.6 Å². The Morgan fingerprint density at radius 2 is 2.35 bits per heavy atom. The van der Waals surface area contributed by atoms with Crippen molar-refractivity contribution in [1.29, 1.82) is 5.26 Å². The maximum Gasteiger partial charge on any atom is 0.152 e. The molecule has 2 rings (SSSR count). The Bertz CT molecular complexity index is 550. The van der Waals surface area contributed by atoms with Crippen LogP contribution in [0.3, 0.4) is 0 Å². The fourth-order valence-corrected chi connectivity index (χ4v) is 4.07. The molecule has 1 aromatic rings. The molecule has 17 heavy (non-hydrogen) atoms. The highest BCUT2D eigenvalue weighted by Gasteiger charge is 2.48. The molecule has 5 nitrogen and oxygen atoms in total. The van der Waals surface area contributed by atoms with E-state index in [2.05, 4.69) is 4.98 Å². The molecule has 2 unspecified atom stereocenters. The standard InChI is InChI=1S/C11H12N2O3S/c12-7-11(3-5-17(15,16)8-11)10(14)9-2-1-4-13-6-9/h1-2,4,6,10,14H,3,5,8H2. The number of nitriles is 1. The van der Waals surface area contributed by atoms with Crippen molar-refractivity contribution < 1.29 is 13.5 Å². The van der Waals surface area contributed by atoms with Gasteiger partial charge in [-0.15, -0.1) is 0 Å². The largest absolute Gasteiger partial charge is 0.387 e. The lowest BCUT2D eigenvalue weighted by molar-refractivity contribution is 0.0790. The van der Waals surface area contributed by atoms with Gasteiger partial charge in [0, 0.05) is 18.0 Å². The van der Waals surface area contributed by atoms with Gasteiger partial charge in [-0.25, -0.2) is 8.42 Å². The fraction of sp³-hybridized carbons (Fsp3) is 0.455. The Hall–Kier alpha value is -1.45. The molecule has 1 fully saturated rings. The molecular weight excluding hydrogens is 240 g/mol. The van der Waals surface area contributed by atoms with Crippen molar-refractivity contribution in [2.75, 3.05) is 11.5 Å². The zero-order valence-electron chi connectivity index (χ0n) is 9.07. The summed E-state index contributed by atoms with van der Waals surface area (Å²) in [6.07, 6.45) is 2.07. The summed E-state index contributed by atoms with van der Waals surface area (Å²) in [6.45, 7) is 0. The van der Waals surface area contributed by atoms with E-state index in [9.17, 15) is 18.8 Å². The van der Waals surface area contributed by atoms with Crippen LogP contribution in [0.1, 0.15) is 18.1 Å². The molecule has 0 spiro atoms. The topological polar surface area (TPSA) is 91.0 Å². The molecule has 1 aromatic heterocycles. The van der Waals surface area contributed by atoms with E-state index in [4.69, 9.17) is 0 Å². The van der Waals surface area contributed by atoms with E-state index < -0.39 is 21.4 Å². The van der Waals surface area contributed by atoms with Crippen LogP contribution in [0.15, 0.2) is 24.5 Å². The van der Waals surface area contributed by atoms with Gasteiger partial charge >= 0.3 is 0 Å². The van der Waals surface area contributed by atoms with Crippen LogP contribution in [-0.2, 0) is 9.84 Å². The van der Waals surface area contributed by atoms with E-state index >= 15 is 0 Å². The number of rotatable bonds is 2. The van der Waals surface area contributed by atoms with Crippen LogP contribution >= 0.6 is 0 Å². The summed E-state index contributed by atoms with van der Waals surface area (Å²) in [5.74, 6) is -0.329. The average Bonchev–Trinajstić information content (AvgIpc) is 2.66. The lowest BCUT2D eigenvalue weighted by atomic mass is 9.80. The number of aromatic nitrogens is 1. The molecular formula is C11H12N2O3S. The lowest BCUT2D eigenvalue weighted by Crippen LogP contribution is -2.28. The molecule has 0 radical (unpaired) electrons. The zero-order chi connectivity index (χ0) is 12.5. The molecule has 6 heteroatoms. The summed E-state index contributed by atoms with van der Waals surface area (Å²) in [5, 5.41) is 19.4. The van der Waals surface area contributed by atoms with Crippen molar-refractivity contribution >= 4 is 9.84 Å². The normalized spacial score (nSPS) is 28.5. The summed E-state index contributed by atoms with van der Waals surface area (Å²) in [6, 6.07) is 5.26. The van der Waals surface area contributed by atoms with Crippen molar-refractivity contribution in [2.45, 2.75) is 12.5 Å². The number of pyridine rings is 1. The Morgan fingerprint density at radius 3 is 2.82 bits per heavy atom. The van der Waals surface area contributed by atoms with E-state index in [1.54, 1.807) is 18.3 Å². The fourth-order valence-electron chi connectivity index (χ4n) is 2.10. The molecule has 90 valence electrons. The third-order valence-corrected chi connectivity index (χ3v) is 4.86. The summed E-state index contributed by atoms with van der Waals surface area (Å²) < 4.78 is 22.9. The SMILES string of the molecule is N#CC1(C(O)c2cccnc2)CCS(=O)(=O)C1. The van der Waals surface area contributed by atoms with E-state index in [0.29, 0.717) is 5.56 Å². The Balaban J connectivity index is 2.36. The predicted molar refractivity (Wildman–Crippen MR) is 60.5 cm³/mol. The number of hydrogen-bond acceptors (Lipinski definition) is 5. The smallest absolute Gasteiger partial charge is 0.152 e. The second-order valence-electron chi connectivity index (χ2n) is 4.30. The van der Waals surface area contributed by atoms with Crippen LogP contribution in [-0.4, -0.2) is 30.0 Å². The van der Waals surface area contributed by atoms with Gasteiger partial charge in [0.1, 0.15) is 11.5 Å². The summed E-state index contributed by atoms with van der Waals surface area (Å²) in [5.41, 5.74) is -0.756. The van der Waals surface area contributed by atoms with E-state index in [1.807, 2.05) is 6.07 Å². The molecule has 2 heterocycles. The minimum Gasteiger partial charge on any atom is -0.387 e. The average molecular weight is 252 g/mol. The van der Waals surface area contributed by atoms with Crippen molar-refractivity contribution in [2.24, 2.45) is 5.41 Å². The van der Waals surface area contributed by atoms with Crippen LogP contribution in [0.4, 0.5) is 0 Å². The van der Waals surface area contributed by atoms with Gasteiger partial charge in [-0.3, -0.25) is 4.98 Å². The highest BCUT2D eigenvalue weighted by Crippen LogP contribution is 2.42. The van der Waals surface area contributed by atoms with Gasteiger partial charge in [0.25, 0.3) is 0 Å². The number of aliphatic hydroxyl groups excluding tert-OH is 1. The van der Waals surface area contributed by atoms with Crippen molar-refractivity contribution in [3.8, 4) is 6.07 Å². The van der Waals surface area contributed by atoms with E-state index in [0.717, 1.165) is 0 Å². The molecule has 0 saturated carbocycles. The molecule has 1 aliphatic heterocycles. The first-order valence-electron chi connectivity index (χ1n) is 5.19. The van der Waals surface area contributed by atoms with Crippen LogP contribution < -0.4 is 0 Å². The number of sulfone groups is 1. The van der Waals surface area contributed by atoms with Gasteiger partial charge in [-0.05, 0) is 12.5 Å². The Morgan fingerprint density at radius 1 is 1.59 bits per heavy atom. The van der Waals surface area contributed by atoms with E-state index in [-0.39, 0.29) is 17.9 Å². The van der Waals surface area contributed by atoms with E-state index in [1.165, 1.54) is 6.20 Å². The van der Waals surface area contributed by atoms with Crippen LogP contribution in [0.25, 0.3) is 0 Å². The quantitative estimate of drug-likeness (QED) is 0.824. The van der Waals surface area contributed by atoms with Crippen LogP contribution in [0.2, 0.25) is 0 Å². The second-order valence-corrected chi connectivity index (χ2v) is 6.48. The monoisotopic (exact) mass is 252 g/mol. The van der Waals surface area contributed by atoms with Gasteiger partial charge < -0.3 is 5.11 Å². The number of nitrogens with zero attached hydrogens (tertiary/aromatic N) is 2. The summed E-state index contributed by atoms with van der Waals surface area (Å²) in [4.78, 5) is 3.86. The predicted octanol–water partition coefficient (Wildman–Crippen LogP) is 0.443. The first-order chi connectivity index (χ1) is 7.99. The van der Waals surface area contributed by atoms with Gasteiger partial charge in [0.05, 0.1) is 17.6 Å². The number of aliphatic hydroxyl groups is 1. The van der Waals surface area contributed by atoms with Gasteiger partial charge in [0.15, 0.2) is 9.84 Å². The second kappa shape index (κ2) is 4.09. The van der Waals surface area contributed by atoms with Crippen molar-refractivity contribution in [3.63, 3.8) is 0 Å². The third kappa shape index (κ3) is 2.16. The molecule has 1 saturated heterocycles. The zero-order valence-corrected chi connectivity index (χ0v) is 9.89. The summed E-state index contributed by atoms with van der Waals surface area (Å²) >= 11 is 0. The molecule has 1 aliphatic rings. The molecule has 2 atom stereocenters. The molecule has 1 N–H and O–H groups in total. The minimum absolute atomic E-state index is 0.0438. The van der Waals surface area contributed by atoms with Crippen LogP contribution in [0, 0.1) is 16.7 Å². The maximum atomic E-state index is 11.5. The lowest BCUT2D eigenvalue weighted by Gasteiger charge is -2.25. The summed E-state index contributed by atoms with van der Waals surface area (Å²) in [7, 11) is -3.22. The minimum atomic E-state index is -3.22. The van der Waals surface area contributed by atoms with Crippen molar-refractivity contribution in [1.82, 2.24) is 4.98 Å². The maximum absolute atomic E-state index is 11.5. The molecule has 0 aliphatic carbocycles. The number of hydrogen-bond donors (Lipinski definition) is 1. The first-order valence-corrected chi connectivity index (χ1v) is 7.01. The molecule has 0 aromatic carbocycles. The van der Waals surface area contributed by atoms with Gasteiger partial charge in [-0.1, -0.05) is 6.07 Å². The van der Waals surface area contributed by atoms with Crippen LogP contribution in [0.5, 0.6) is 0 Å². The third-order valence-electron chi connectivity index (χ3n) is 3.08. The van der Waals surface area contributed by atoms with Gasteiger partial charge in [-0.2, -0.15) is 5.26 Å². The molecule has 0 bridgehead atoms. The Kier molecular flexibility index (Phi) is 2.89. The van der Waals surface area contributed by atoms with Gasteiger partial charge in [0.2, 0.25) is 0 Å².